The van der Waals surface area contributed by atoms with Gasteiger partial charge in [-0.25, -0.2) is 0 Å². The van der Waals surface area contributed by atoms with Gasteiger partial charge < -0.3 is 9.32 Å². The first-order chi connectivity index (χ1) is 26.2. The smallest absolute Gasteiger partial charge is 0.136 e. The maximum absolute atomic E-state index is 6.26. The molecule has 256 valence electrons. The second-order valence-electron chi connectivity index (χ2n) is 14.0. The SMILES string of the molecule is C=C/C=C\CCCc1cc(-c2ccc3ccc4oc5ccccc5c4c3c2)ccc1N(c1ccccc1)c1ccc(C2=Cc3ccccc3CC2)cc1. The van der Waals surface area contributed by atoms with E-state index in [1.54, 1.807) is 0 Å². The van der Waals surface area contributed by atoms with Crippen LogP contribution in [0.3, 0.4) is 0 Å². The lowest BCUT2D eigenvalue weighted by Crippen LogP contribution is -2.12. The van der Waals surface area contributed by atoms with Gasteiger partial charge >= 0.3 is 0 Å². The molecule has 7 aromatic carbocycles. The molecule has 9 rings (SSSR count). The van der Waals surface area contributed by atoms with E-state index in [2.05, 4.69) is 169 Å². The zero-order valence-electron chi connectivity index (χ0n) is 29.8. The van der Waals surface area contributed by atoms with Crippen molar-refractivity contribution in [2.75, 3.05) is 4.90 Å². The Bertz CT molecular complexity index is 2660. The van der Waals surface area contributed by atoms with Crippen molar-refractivity contribution in [3.63, 3.8) is 0 Å². The number of unbranched alkanes of at least 4 members (excludes halogenated alkanes) is 1. The summed E-state index contributed by atoms with van der Waals surface area (Å²) in [6.45, 7) is 3.86. The van der Waals surface area contributed by atoms with Crippen LogP contribution in [0, 0.1) is 0 Å². The van der Waals surface area contributed by atoms with Crippen molar-refractivity contribution in [2.24, 2.45) is 0 Å². The van der Waals surface area contributed by atoms with Gasteiger partial charge in [-0.2, -0.15) is 0 Å². The Kier molecular flexibility index (Phi) is 8.79. The van der Waals surface area contributed by atoms with Crippen LogP contribution < -0.4 is 4.90 Å². The van der Waals surface area contributed by atoms with Gasteiger partial charge in [0, 0.05) is 27.8 Å². The van der Waals surface area contributed by atoms with Crippen LogP contribution in [0.5, 0.6) is 0 Å². The third-order valence-electron chi connectivity index (χ3n) is 10.7. The molecule has 1 aliphatic carbocycles. The lowest BCUT2D eigenvalue weighted by atomic mass is 9.89. The highest BCUT2D eigenvalue weighted by Crippen LogP contribution is 2.41. The first kappa shape index (κ1) is 32.5. The van der Waals surface area contributed by atoms with Crippen molar-refractivity contribution in [2.45, 2.75) is 32.1 Å². The molecular formula is C51H41NO. The van der Waals surface area contributed by atoms with E-state index in [1.165, 1.54) is 60.8 Å². The first-order valence-electron chi connectivity index (χ1n) is 18.7. The number of allylic oxidation sites excluding steroid dienone is 4. The molecule has 53 heavy (non-hydrogen) atoms. The Labute approximate surface area is 311 Å². The van der Waals surface area contributed by atoms with Gasteiger partial charge in [-0.1, -0.05) is 128 Å². The quantitative estimate of drug-likeness (QED) is 0.105. The number of nitrogens with zero attached hydrogens (tertiary/aromatic N) is 1. The molecule has 0 N–H and O–H groups in total. The fourth-order valence-corrected chi connectivity index (χ4v) is 8.00. The number of benzene rings is 7. The van der Waals surface area contributed by atoms with Crippen molar-refractivity contribution in [1.29, 1.82) is 0 Å². The van der Waals surface area contributed by atoms with E-state index in [1.807, 2.05) is 18.2 Å². The monoisotopic (exact) mass is 683 g/mol. The van der Waals surface area contributed by atoms with E-state index in [0.717, 1.165) is 60.0 Å². The molecule has 1 aromatic heterocycles. The predicted molar refractivity (Wildman–Crippen MR) is 226 cm³/mol. The van der Waals surface area contributed by atoms with E-state index in [4.69, 9.17) is 4.42 Å². The van der Waals surface area contributed by atoms with Crippen molar-refractivity contribution in [3.8, 4) is 11.1 Å². The Hall–Kier alpha value is -6.38. The van der Waals surface area contributed by atoms with Crippen molar-refractivity contribution >= 4 is 61.4 Å². The van der Waals surface area contributed by atoms with E-state index in [0.29, 0.717) is 0 Å². The molecule has 1 heterocycles. The topological polar surface area (TPSA) is 16.4 Å². The van der Waals surface area contributed by atoms with Gasteiger partial charge in [-0.3, -0.25) is 0 Å². The molecule has 0 saturated carbocycles. The number of aryl methyl sites for hydroxylation is 2. The number of hydrogen-bond donors (Lipinski definition) is 0. The maximum atomic E-state index is 6.26. The van der Waals surface area contributed by atoms with Gasteiger partial charge in [-0.15, -0.1) is 0 Å². The number of anilines is 3. The van der Waals surface area contributed by atoms with Crippen molar-refractivity contribution in [3.05, 3.63) is 199 Å². The fourth-order valence-electron chi connectivity index (χ4n) is 8.00. The summed E-state index contributed by atoms with van der Waals surface area (Å²) in [5, 5.41) is 4.76. The van der Waals surface area contributed by atoms with Crippen LogP contribution in [0.25, 0.3) is 55.5 Å². The van der Waals surface area contributed by atoms with Crippen LogP contribution in [0.1, 0.15) is 41.5 Å². The molecule has 2 nitrogen and oxygen atoms in total. The molecule has 0 bridgehead atoms. The third kappa shape index (κ3) is 6.38. The predicted octanol–water partition coefficient (Wildman–Crippen LogP) is 14.4. The molecule has 0 fully saturated rings. The second kappa shape index (κ2) is 14.3. The summed E-state index contributed by atoms with van der Waals surface area (Å²) in [6.07, 6.45) is 13.6. The summed E-state index contributed by atoms with van der Waals surface area (Å²) in [5.74, 6) is 0. The summed E-state index contributed by atoms with van der Waals surface area (Å²) in [6, 6.07) is 55.2. The summed E-state index contributed by atoms with van der Waals surface area (Å²) in [5.41, 5.74) is 14.5. The second-order valence-corrected chi connectivity index (χ2v) is 14.0. The van der Waals surface area contributed by atoms with Gasteiger partial charge in [-0.05, 0) is 136 Å². The van der Waals surface area contributed by atoms with Gasteiger partial charge in [0.1, 0.15) is 11.2 Å². The highest BCUT2D eigenvalue weighted by atomic mass is 16.3. The minimum Gasteiger partial charge on any atom is -0.456 e. The number of fused-ring (bicyclic) bond motifs is 6. The van der Waals surface area contributed by atoms with Crippen LogP contribution >= 0.6 is 0 Å². The molecular weight excluding hydrogens is 643 g/mol. The maximum Gasteiger partial charge on any atom is 0.136 e. The van der Waals surface area contributed by atoms with Crippen LogP contribution in [0.2, 0.25) is 0 Å². The van der Waals surface area contributed by atoms with Gasteiger partial charge in [0.2, 0.25) is 0 Å². The van der Waals surface area contributed by atoms with E-state index in [-0.39, 0.29) is 0 Å². The summed E-state index contributed by atoms with van der Waals surface area (Å²) in [7, 11) is 0. The Morgan fingerprint density at radius 3 is 2.25 bits per heavy atom. The summed E-state index contributed by atoms with van der Waals surface area (Å²) >= 11 is 0. The zero-order chi connectivity index (χ0) is 35.6. The molecule has 0 saturated heterocycles. The molecule has 0 aliphatic heterocycles. The average molecular weight is 684 g/mol. The molecule has 0 spiro atoms. The average Bonchev–Trinajstić information content (AvgIpc) is 3.61. The van der Waals surface area contributed by atoms with Crippen LogP contribution in [-0.2, 0) is 12.8 Å². The largest absolute Gasteiger partial charge is 0.456 e. The first-order valence-corrected chi connectivity index (χ1v) is 18.7. The normalized spacial score (nSPS) is 12.7. The molecule has 0 radical (unpaired) electrons. The molecule has 2 heteroatoms. The molecule has 0 atom stereocenters. The van der Waals surface area contributed by atoms with Gasteiger partial charge in [0.05, 0.1) is 0 Å². The van der Waals surface area contributed by atoms with Crippen molar-refractivity contribution in [1.82, 2.24) is 0 Å². The molecule has 1 aliphatic rings. The standard InChI is InChI=1S/C51H41NO/c1-2-3-4-5-7-16-43-34-41(42-24-22-38-28-32-50-51(47(38)35-42)46-19-12-13-20-49(46)53-50)27-31-48(43)52(44-17-8-6-9-18-44)45-29-25-37(26-30-45)40-23-21-36-14-10-11-15-39(36)33-40/h2-4,6,8-15,17-20,22,24-35H,1,5,7,16,21,23H2/b4-3-. The highest BCUT2D eigenvalue weighted by molar-refractivity contribution is 6.19. The Balaban J connectivity index is 1.13. The molecule has 0 unspecified atom stereocenters. The zero-order valence-corrected chi connectivity index (χ0v) is 29.8. The lowest BCUT2D eigenvalue weighted by molar-refractivity contribution is 0.669. The van der Waals surface area contributed by atoms with Gasteiger partial charge in [0.15, 0.2) is 0 Å². The van der Waals surface area contributed by atoms with Crippen LogP contribution in [0.15, 0.2) is 181 Å². The van der Waals surface area contributed by atoms with Gasteiger partial charge in [0.25, 0.3) is 0 Å². The third-order valence-corrected chi connectivity index (χ3v) is 10.7. The number of hydrogen-bond acceptors (Lipinski definition) is 2. The Morgan fingerprint density at radius 1 is 0.623 bits per heavy atom. The van der Waals surface area contributed by atoms with Crippen molar-refractivity contribution < 1.29 is 4.42 Å². The molecule has 8 aromatic rings. The number of furan rings is 1. The van der Waals surface area contributed by atoms with E-state index < -0.39 is 0 Å². The van der Waals surface area contributed by atoms with Crippen LogP contribution in [-0.4, -0.2) is 0 Å². The molecule has 0 amide bonds. The highest BCUT2D eigenvalue weighted by Gasteiger charge is 2.19. The van der Waals surface area contributed by atoms with E-state index >= 15 is 0 Å². The van der Waals surface area contributed by atoms with E-state index in [9.17, 15) is 0 Å². The summed E-state index contributed by atoms with van der Waals surface area (Å²) in [4.78, 5) is 2.43. The number of rotatable bonds is 10. The fraction of sp³-hybridized carbons (Fsp3) is 0.0980. The number of para-hydroxylation sites is 2. The Morgan fingerprint density at radius 2 is 1.36 bits per heavy atom. The summed E-state index contributed by atoms with van der Waals surface area (Å²) < 4.78 is 6.26. The lowest BCUT2D eigenvalue weighted by Gasteiger charge is -2.28. The van der Waals surface area contributed by atoms with Crippen LogP contribution in [0.4, 0.5) is 17.1 Å². The minimum atomic E-state index is 0.924. The minimum absolute atomic E-state index is 0.924.